The molecule has 1 amide bonds. The van der Waals surface area contributed by atoms with Crippen LogP contribution in [0.1, 0.15) is 15.9 Å². The van der Waals surface area contributed by atoms with E-state index in [1.807, 2.05) is 44.2 Å². The van der Waals surface area contributed by atoms with Crippen molar-refractivity contribution in [1.82, 2.24) is 14.9 Å². The highest BCUT2D eigenvalue weighted by atomic mass is 35.5. The minimum absolute atomic E-state index is 0.156. The predicted octanol–water partition coefficient (Wildman–Crippen LogP) is 3.88. The summed E-state index contributed by atoms with van der Waals surface area (Å²) >= 11 is 12.7. The second kappa shape index (κ2) is 10.8. The first-order valence-electron chi connectivity index (χ1n) is 12.4. The lowest BCUT2D eigenvalue weighted by Crippen LogP contribution is -2.46. The molecule has 0 atom stereocenters. The van der Waals surface area contributed by atoms with Crippen LogP contribution in [0.25, 0.3) is 0 Å². The third-order valence-corrected chi connectivity index (χ3v) is 8.89. The molecule has 1 aromatic heterocycles. The monoisotopic (exact) mass is 589 g/mol. The van der Waals surface area contributed by atoms with Crippen LogP contribution in [0.2, 0.25) is 10.0 Å². The van der Waals surface area contributed by atoms with Crippen LogP contribution >= 0.6 is 23.2 Å². The van der Waals surface area contributed by atoms with Crippen LogP contribution in [-0.2, 0) is 16.4 Å². The highest BCUT2D eigenvalue weighted by Gasteiger charge is 2.33. The Kier molecular flexibility index (Phi) is 7.60. The maximum absolute atomic E-state index is 13.3. The number of para-hydroxylation sites is 1. The molecular weight excluding hydrogens is 561 g/mol. The number of carbonyl (C=O) groups is 1. The van der Waals surface area contributed by atoms with E-state index in [1.54, 1.807) is 18.2 Å². The van der Waals surface area contributed by atoms with E-state index in [-0.39, 0.29) is 24.1 Å². The second-order valence-corrected chi connectivity index (χ2v) is 13.0. The number of hydrogen-bond acceptors (Lipinski definition) is 9. The standard InChI is InChI=1S/C26H29Cl2N7O3S/c1-32(2)15-17-13-18(7-8-22(17)34-9-11-39(37,38)12-10-34)30-26-29-14-19-24(31-26)33(3)16-35(25(19)36)23-20(27)5-4-6-21(23)28/h4-8,13-14H,9-12,15-16H2,1-3H3,(H,29,30,31). The third-order valence-electron chi connectivity index (χ3n) is 6.67. The predicted molar refractivity (Wildman–Crippen MR) is 157 cm³/mol. The number of amides is 1. The number of carbonyl (C=O) groups excluding carboxylic acids is 1. The molecular formula is C26H29Cl2N7O3S. The van der Waals surface area contributed by atoms with Crippen LogP contribution in [0.3, 0.4) is 0 Å². The molecule has 0 spiro atoms. The largest absolute Gasteiger partial charge is 0.369 e. The van der Waals surface area contributed by atoms with Crippen molar-refractivity contribution < 1.29 is 13.2 Å². The maximum Gasteiger partial charge on any atom is 0.265 e. The van der Waals surface area contributed by atoms with Gasteiger partial charge in [-0.05, 0) is 50.0 Å². The lowest BCUT2D eigenvalue weighted by Gasteiger charge is -2.35. The van der Waals surface area contributed by atoms with Crippen molar-refractivity contribution in [1.29, 1.82) is 0 Å². The fourth-order valence-electron chi connectivity index (χ4n) is 4.80. The Labute approximate surface area is 238 Å². The number of sulfone groups is 1. The van der Waals surface area contributed by atoms with Crippen molar-refractivity contribution in [3.05, 3.63) is 63.8 Å². The molecule has 39 heavy (non-hydrogen) atoms. The first kappa shape index (κ1) is 27.4. The summed E-state index contributed by atoms with van der Waals surface area (Å²) in [5, 5.41) is 4.03. The fraction of sp³-hybridized carbons (Fsp3) is 0.346. The van der Waals surface area contributed by atoms with Crippen molar-refractivity contribution >= 4 is 67.8 Å². The van der Waals surface area contributed by atoms with E-state index >= 15 is 0 Å². The molecule has 1 saturated heterocycles. The summed E-state index contributed by atoms with van der Waals surface area (Å²) in [4.78, 5) is 29.9. The number of rotatable bonds is 6. The molecule has 2 aliphatic heterocycles. The van der Waals surface area contributed by atoms with Gasteiger partial charge in [-0.1, -0.05) is 29.3 Å². The van der Waals surface area contributed by atoms with Crippen LogP contribution in [0.4, 0.5) is 28.8 Å². The number of nitrogens with zero attached hydrogens (tertiary/aromatic N) is 6. The third kappa shape index (κ3) is 5.76. The lowest BCUT2D eigenvalue weighted by atomic mass is 10.1. The van der Waals surface area contributed by atoms with E-state index in [0.29, 0.717) is 52.7 Å². The highest BCUT2D eigenvalue weighted by molar-refractivity contribution is 7.91. The number of benzene rings is 2. The normalized spacial score (nSPS) is 17.0. The average molecular weight is 591 g/mol. The van der Waals surface area contributed by atoms with Crippen LogP contribution in [0.5, 0.6) is 0 Å². The van der Waals surface area contributed by atoms with Gasteiger partial charge in [0.05, 0.1) is 33.9 Å². The van der Waals surface area contributed by atoms with E-state index < -0.39 is 9.84 Å². The van der Waals surface area contributed by atoms with Gasteiger partial charge in [-0.2, -0.15) is 4.98 Å². The van der Waals surface area contributed by atoms with E-state index in [4.69, 9.17) is 23.2 Å². The Balaban J connectivity index is 1.40. The Hall–Kier alpha value is -3.12. The topological polar surface area (TPSA) is 102 Å². The van der Waals surface area contributed by atoms with Crippen LogP contribution in [0.15, 0.2) is 42.6 Å². The highest BCUT2D eigenvalue weighted by Crippen LogP contribution is 2.37. The number of halogens is 2. The number of fused-ring (bicyclic) bond motifs is 1. The van der Waals surface area contributed by atoms with E-state index in [9.17, 15) is 13.2 Å². The van der Waals surface area contributed by atoms with Crippen molar-refractivity contribution in [3.8, 4) is 0 Å². The lowest BCUT2D eigenvalue weighted by molar-refractivity contribution is 0.0982. The van der Waals surface area contributed by atoms with Gasteiger partial charge in [0.2, 0.25) is 5.95 Å². The maximum atomic E-state index is 13.3. The van der Waals surface area contributed by atoms with Gasteiger partial charge < -0.3 is 20.0 Å². The van der Waals surface area contributed by atoms with Crippen LogP contribution < -0.4 is 20.0 Å². The van der Waals surface area contributed by atoms with Gasteiger partial charge >= 0.3 is 0 Å². The zero-order chi connectivity index (χ0) is 27.9. The molecule has 206 valence electrons. The molecule has 0 saturated carbocycles. The van der Waals surface area contributed by atoms with Crippen molar-refractivity contribution in [3.63, 3.8) is 0 Å². The summed E-state index contributed by atoms with van der Waals surface area (Å²) in [6.45, 7) is 1.84. The first-order valence-corrected chi connectivity index (χ1v) is 14.9. The molecule has 3 heterocycles. The second-order valence-electron chi connectivity index (χ2n) is 9.92. The van der Waals surface area contributed by atoms with Crippen molar-refractivity contribution in [2.75, 3.05) is 72.4 Å². The van der Waals surface area contributed by atoms with Crippen LogP contribution in [-0.4, -0.2) is 81.6 Å². The molecule has 13 heteroatoms. The zero-order valence-electron chi connectivity index (χ0n) is 21.9. The van der Waals surface area contributed by atoms with Crippen LogP contribution in [0, 0.1) is 0 Å². The van der Waals surface area contributed by atoms with Gasteiger partial charge in [0.15, 0.2) is 9.84 Å². The summed E-state index contributed by atoms with van der Waals surface area (Å²) in [6, 6.07) is 11.1. The Morgan fingerprint density at radius 1 is 1.08 bits per heavy atom. The molecule has 1 N–H and O–H groups in total. The molecule has 5 rings (SSSR count). The average Bonchev–Trinajstić information content (AvgIpc) is 2.87. The van der Waals surface area contributed by atoms with Crippen molar-refractivity contribution in [2.24, 2.45) is 0 Å². The van der Waals surface area contributed by atoms with Gasteiger partial charge in [-0.3, -0.25) is 9.69 Å². The Bertz CT molecular complexity index is 1500. The summed E-state index contributed by atoms with van der Waals surface area (Å²) in [5.74, 6) is 0.876. The van der Waals surface area contributed by atoms with E-state index in [0.717, 1.165) is 16.9 Å². The minimum Gasteiger partial charge on any atom is -0.369 e. The molecule has 0 unspecified atom stereocenters. The van der Waals surface area contributed by atoms with Gasteiger partial charge in [-0.25, -0.2) is 13.4 Å². The molecule has 0 aliphatic carbocycles. The quantitative estimate of drug-likeness (QED) is 0.459. The number of anilines is 5. The smallest absolute Gasteiger partial charge is 0.265 e. The minimum atomic E-state index is -2.97. The zero-order valence-corrected chi connectivity index (χ0v) is 24.2. The molecule has 0 radical (unpaired) electrons. The molecule has 0 bridgehead atoms. The van der Waals surface area contributed by atoms with E-state index in [2.05, 4.69) is 25.1 Å². The molecule has 1 fully saturated rings. The van der Waals surface area contributed by atoms with Crippen molar-refractivity contribution in [2.45, 2.75) is 6.54 Å². The number of nitrogens with one attached hydrogen (secondary N) is 1. The Morgan fingerprint density at radius 3 is 2.44 bits per heavy atom. The fourth-order valence-corrected chi connectivity index (χ4v) is 6.61. The summed E-state index contributed by atoms with van der Waals surface area (Å²) < 4.78 is 23.8. The van der Waals surface area contributed by atoms with Gasteiger partial charge in [0.1, 0.15) is 11.4 Å². The summed E-state index contributed by atoms with van der Waals surface area (Å²) in [6.07, 6.45) is 1.50. The van der Waals surface area contributed by atoms with Gasteiger partial charge in [0, 0.05) is 44.3 Å². The van der Waals surface area contributed by atoms with E-state index in [1.165, 1.54) is 11.1 Å². The number of aromatic nitrogens is 2. The summed E-state index contributed by atoms with van der Waals surface area (Å²) in [7, 11) is 2.84. The first-order chi connectivity index (χ1) is 18.5. The SMILES string of the molecule is CN(C)Cc1cc(Nc2ncc3c(n2)N(C)CN(c2c(Cl)cccc2Cl)C3=O)ccc1N1CCS(=O)(=O)CC1. The van der Waals surface area contributed by atoms with Gasteiger partial charge in [-0.15, -0.1) is 0 Å². The summed E-state index contributed by atoms with van der Waals surface area (Å²) in [5.41, 5.74) is 3.65. The number of hydrogen-bond donors (Lipinski definition) is 1. The molecule has 2 aliphatic rings. The molecule has 3 aromatic rings. The molecule has 2 aromatic carbocycles. The van der Waals surface area contributed by atoms with Gasteiger partial charge in [0.25, 0.3) is 5.91 Å². The molecule has 10 nitrogen and oxygen atoms in total. The Morgan fingerprint density at radius 2 is 1.77 bits per heavy atom.